The van der Waals surface area contributed by atoms with E-state index in [-0.39, 0.29) is 30.1 Å². The predicted octanol–water partition coefficient (Wildman–Crippen LogP) is 1.51. The van der Waals surface area contributed by atoms with Crippen molar-refractivity contribution < 1.29 is 14.3 Å². The molecule has 0 aliphatic heterocycles. The quantitative estimate of drug-likeness (QED) is 0.870. The average Bonchev–Trinajstić information content (AvgIpc) is 2.95. The van der Waals surface area contributed by atoms with E-state index in [0.717, 1.165) is 0 Å². The van der Waals surface area contributed by atoms with Crippen molar-refractivity contribution in [1.82, 2.24) is 15.1 Å². The minimum Gasteiger partial charge on any atom is -0.394 e. The zero-order chi connectivity index (χ0) is 14.5. The molecule has 6 heteroatoms. The fourth-order valence-corrected chi connectivity index (χ4v) is 1.72. The van der Waals surface area contributed by atoms with Gasteiger partial charge in [-0.2, -0.15) is 5.10 Å². The summed E-state index contributed by atoms with van der Waals surface area (Å²) in [6.45, 7) is 1.76. The molecular formula is C14H16FN3O2. The highest BCUT2D eigenvalue weighted by molar-refractivity contribution is 5.92. The molecule has 20 heavy (non-hydrogen) atoms. The molecule has 1 amide bonds. The predicted molar refractivity (Wildman–Crippen MR) is 72.2 cm³/mol. The molecule has 0 fully saturated rings. The number of aliphatic hydroxyl groups is 1. The molecule has 0 aliphatic carbocycles. The monoisotopic (exact) mass is 277 g/mol. The van der Waals surface area contributed by atoms with Gasteiger partial charge in [0.1, 0.15) is 5.82 Å². The zero-order valence-corrected chi connectivity index (χ0v) is 11.1. The molecule has 0 radical (unpaired) electrons. The minimum absolute atomic E-state index is 0.110. The third kappa shape index (κ3) is 3.21. The summed E-state index contributed by atoms with van der Waals surface area (Å²) in [5, 5.41) is 15.9. The van der Waals surface area contributed by atoms with Crippen LogP contribution < -0.4 is 5.32 Å². The molecule has 1 aromatic heterocycles. The number of nitrogens with zero attached hydrogens (tertiary/aromatic N) is 2. The lowest BCUT2D eigenvalue weighted by atomic mass is 10.2. The van der Waals surface area contributed by atoms with E-state index < -0.39 is 0 Å². The number of carbonyl (C=O) groups is 1. The van der Waals surface area contributed by atoms with E-state index in [1.807, 2.05) is 6.92 Å². The lowest BCUT2D eigenvalue weighted by Crippen LogP contribution is -2.37. The first-order valence-electron chi connectivity index (χ1n) is 6.37. The van der Waals surface area contributed by atoms with Crippen molar-refractivity contribution in [2.75, 3.05) is 6.61 Å². The number of rotatable bonds is 5. The minimum atomic E-state index is -0.341. The summed E-state index contributed by atoms with van der Waals surface area (Å²) in [6, 6.07) is 7.10. The van der Waals surface area contributed by atoms with Gasteiger partial charge in [0.25, 0.3) is 5.91 Å². The van der Waals surface area contributed by atoms with Crippen molar-refractivity contribution in [3.8, 4) is 5.69 Å². The Morgan fingerprint density at radius 1 is 1.40 bits per heavy atom. The first-order chi connectivity index (χ1) is 9.63. The third-order valence-electron chi connectivity index (χ3n) is 2.96. The molecule has 1 unspecified atom stereocenters. The van der Waals surface area contributed by atoms with E-state index in [1.54, 1.807) is 24.4 Å². The van der Waals surface area contributed by atoms with Gasteiger partial charge in [-0.3, -0.25) is 4.79 Å². The second kappa shape index (κ2) is 6.29. The smallest absolute Gasteiger partial charge is 0.272 e. The second-order valence-electron chi connectivity index (χ2n) is 4.38. The van der Waals surface area contributed by atoms with Crippen LogP contribution in [-0.4, -0.2) is 33.4 Å². The second-order valence-corrected chi connectivity index (χ2v) is 4.38. The number of nitrogens with one attached hydrogen (secondary N) is 1. The number of hydrogen-bond acceptors (Lipinski definition) is 3. The number of amides is 1. The van der Waals surface area contributed by atoms with Gasteiger partial charge >= 0.3 is 0 Å². The maximum atomic E-state index is 12.8. The summed E-state index contributed by atoms with van der Waals surface area (Å²) >= 11 is 0. The topological polar surface area (TPSA) is 67.2 Å². The van der Waals surface area contributed by atoms with Gasteiger partial charge in [-0.1, -0.05) is 6.92 Å². The van der Waals surface area contributed by atoms with E-state index >= 15 is 0 Å². The summed E-state index contributed by atoms with van der Waals surface area (Å²) in [4.78, 5) is 11.9. The molecule has 0 bridgehead atoms. The van der Waals surface area contributed by atoms with Crippen molar-refractivity contribution in [3.05, 3.63) is 48.0 Å². The third-order valence-corrected chi connectivity index (χ3v) is 2.96. The molecule has 2 N–H and O–H groups in total. The Balaban J connectivity index is 2.12. The van der Waals surface area contributed by atoms with Crippen molar-refractivity contribution in [3.63, 3.8) is 0 Å². The highest BCUT2D eigenvalue weighted by Crippen LogP contribution is 2.09. The van der Waals surface area contributed by atoms with Crippen LogP contribution >= 0.6 is 0 Å². The van der Waals surface area contributed by atoms with Crippen molar-refractivity contribution in [1.29, 1.82) is 0 Å². The molecule has 106 valence electrons. The largest absolute Gasteiger partial charge is 0.394 e. The maximum Gasteiger partial charge on any atom is 0.272 e. The fraction of sp³-hybridized carbons (Fsp3) is 0.286. The molecule has 1 atom stereocenters. The number of halogens is 1. The summed E-state index contributed by atoms with van der Waals surface area (Å²) in [6.07, 6.45) is 2.27. The molecule has 0 saturated carbocycles. The molecule has 2 aromatic rings. The molecule has 0 saturated heterocycles. The fourth-order valence-electron chi connectivity index (χ4n) is 1.72. The van der Waals surface area contributed by atoms with Crippen molar-refractivity contribution >= 4 is 5.91 Å². The van der Waals surface area contributed by atoms with E-state index in [1.165, 1.54) is 16.8 Å². The van der Waals surface area contributed by atoms with Crippen LogP contribution in [0.2, 0.25) is 0 Å². The Hall–Kier alpha value is -2.21. The highest BCUT2D eigenvalue weighted by atomic mass is 19.1. The summed E-state index contributed by atoms with van der Waals surface area (Å²) < 4.78 is 14.3. The molecule has 2 rings (SSSR count). The van der Waals surface area contributed by atoms with Crippen LogP contribution in [0.1, 0.15) is 23.8 Å². The lowest BCUT2D eigenvalue weighted by Gasteiger charge is -2.12. The van der Waals surface area contributed by atoms with E-state index in [0.29, 0.717) is 12.1 Å². The SMILES string of the molecule is CCC(CO)NC(=O)c1ccn(-c2ccc(F)cc2)n1. The van der Waals surface area contributed by atoms with Crippen LogP contribution in [0, 0.1) is 5.82 Å². The van der Waals surface area contributed by atoms with E-state index in [4.69, 9.17) is 5.11 Å². The standard InChI is InChI=1S/C14H16FN3O2/c1-2-11(9-19)16-14(20)13-7-8-18(17-13)12-5-3-10(15)4-6-12/h3-8,11,19H,2,9H2,1H3,(H,16,20). The highest BCUT2D eigenvalue weighted by Gasteiger charge is 2.14. The van der Waals surface area contributed by atoms with Gasteiger partial charge in [0, 0.05) is 6.20 Å². The summed E-state index contributed by atoms with van der Waals surface area (Å²) in [7, 11) is 0. The van der Waals surface area contributed by atoms with Gasteiger partial charge in [0.15, 0.2) is 5.69 Å². The normalized spacial score (nSPS) is 12.2. The van der Waals surface area contributed by atoms with Gasteiger partial charge in [0.05, 0.1) is 18.3 Å². The van der Waals surface area contributed by atoms with Gasteiger partial charge in [0.2, 0.25) is 0 Å². The van der Waals surface area contributed by atoms with Gasteiger partial charge in [-0.05, 0) is 36.8 Å². The molecular weight excluding hydrogens is 261 g/mol. The van der Waals surface area contributed by atoms with Crippen LogP contribution in [-0.2, 0) is 0 Å². The molecule has 1 aromatic carbocycles. The first kappa shape index (κ1) is 14.2. The number of carbonyl (C=O) groups excluding carboxylic acids is 1. The van der Waals surface area contributed by atoms with Crippen molar-refractivity contribution in [2.45, 2.75) is 19.4 Å². The molecule has 1 heterocycles. The average molecular weight is 277 g/mol. The van der Waals surface area contributed by atoms with E-state index in [2.05, 4.69) is 10.4 Å². The Labute approximate surface area is 116 Å². The molecule has 5 nitrogen and oxygen atoms in total. The summed E-state index contributed by atoms with van der Waals surface area (Å²) in [5.41, 5.74) is 0.917. The number of aliphatic hydroxyl groups excluding tert-OH is 1. The Bertz CT molecular complexity index is 576. The number of benzene rings is 1. The molecule has 0 spiro atoms. The van der Waals surface area contributed by atoms with E-state index in [9.17, 15) is 9.18 Å². The van der Waals surface area contributed by atoms with Crippen LogP contribution in [0.25, 0.3) is 5.69 Å². The van der Waals surface area contributed by atoms with Gasteiger partial charge in [-0.15, -0.1) is 0 Å². The summed E-state index contributed by atoms with van der Waals surface area (Å²) in [5.74, 6) is -0.667. The van der Waals surface area contributed by atoms with Gasteiger partial charge < -0.3 is 10.4 Å². The Morgan fingerprint density at radius 3 is 2.70 bits per heavy atom. The van der Waals surface area contributed by atoms with Crippen LogP contribution in [0.3, 0.4) is 0 Å². The zero-order valence-electron chi connectivity index (χ0n) is 11.1. The first-order valence-corrected chi connectivity index (χ1v) is 6.37. The van der Waals surface area contributed by atoms with Crippen LogP contribution in [0.15, 0.2) is 36.5 Å². The van der Waals surface area contributed by atoms with Gasteiger partial charge in [-0.25, -0.2) is 9.07 Å². The maximum absolute atomic E-state index is 12.8. The van der Waals surface area contributed by atoms with Crippen molar-refractivity contribution in [2.24, 2.45) is 0 Å². The van der Waals surface area contributed by atoms with Crippen LogP contribution in [0.4, 0.5) is 4.39 Å². The Kier molecular flexibility index (Phi) is 4.47. The number of aromatic nitrogens is 2. The number of hydrogen-bond donors (Lipinski definition) is 2. The Morgan fingerprint density at radius 2 is 2.10 bits per heavy atom. The molecule has 0 aliphatic rings. The lowest BCUT2D eigenvalue weighted by molar-refractivity contribution is 0.0909. The van der Waals surface area contributed by atoms with Crippen LogP contribution in [0.5, 0.6) is 0 Å².